The number of oxazole rings is 1. The van der Waals surface area contributed by atoms with Crippen molar-refractivity contribution in [1.82, 2.24) is 4.98 Å². The zero-order valence-electron chi connectivity index (χ0n) is 17.7. The van der Waals surface area contributed by atoms with Gasteiger partial charge in [-0.05, 0) is 66.7 Å². The van der Waals surface area contributed by atoms with E-state index in [0.29, 0.717) is 65.4 Å². The second-order valence-corrected chi connectivity index (χ2v) is 9.08. The van der Waals surface area contributed by atoms with Gasteiger partial charge in [0.15, 0.2) is 5.58 Å². The van der Waals surface area contributed by atoms with Gasteiger partial charge in [0.2, 0.25) is 11.8 Å². The first-order valence-corrected chi connectivity index (χ1v) is 11.8. The fraction of sp³-hybridized carbons (Fsp3) is 0. The third-order valence-electron chi connectivity index (χ3n) is 5.06. The molecule has 1 N–H and O–H groups in total. The first kappa shape index (κ1) is 23.5. The fourth-order valence-corrected chi connectivity index (χ4v) is 4.29. The first-order chi connectivity index (χ1) is 16.9. The van der Waals surface area contributed by atoms with E-state index in [9.17, 15) is 4.79 Å². The van der Waals surface area contributed by atoms with Crippen molar-refractivity contribution in [3.63, 3.8) is 0 Å². The second kappa shape index (κ2) is 9.80. The zero-order chi connectivity index (χ0) is 24.5. The molecule has 0 bridgehead atoms. The van der Waals surface area contributed by atoms with Crippen LogP contribution in [0, 0.1) is 0 Å². The van der Waals surface area contributed by atoms with Crippen LogP contribution in [0.4, 0.5) is 5.69 Å². The summed E-state index contributed by atoms with van der Waals surface area (Å²) in [6.45, 7) is 0. The van der Waals surface area contributed by atoms with Crippen LogP contribution in [0.25, 0.3) is 40.0 Å². The number of fused-ring (bicyclic) bond motifs is 1. The van der Waals surface area contributed by atoms with Crippen molar-refractivity contribution < 1.29 is 13.6 Å². The standard InChI is InChI=1S/C26H14Cl4N2O3/c27-14-4-8-17(20(29)12-14)26-32-21-13-15(5-9-23(21)35-26)31-24(33)11-7-16-6-10-22(34-16)18-2-1-3-19(28)25(18)30/h1-13H,(H,31,33). The summed E-state index contributed by atoms with van der Waals surface area (Å²) in [5.74, 6) is 1.05. The lowest BCUT2D eigenvalue weighted by Gasteiger charge is -2.02. The quantitative estimate of drug-likeness (QED) is 0.224. The number of rotatable bonds is 5. The summed E-state index contributed by atoms with van der Waals surface area (Å²) in [5.41, 5.74) is 2.98. The Morgan fingerprint density at radius 2 is 1.71 bits per heavy atom. The Balaban J connectivity index is 1.30. The minimum Gasteiger partial charge on any atom is -0.457 e. The van der Waals surface area contributed by atoms with Crippen molar-refractivity contribution >= 4 is 75.2 Å². The molecule has 5 rings (SSSR count). The molecule has 3 aromatic carbocycles. The van der Waals surface area contributed by atoms with Gasteiger partial charge >= 0.3 is 0 Å². The average molecular weight is 544 g/mol. The van der Waals surface area contributed by atoms with Crippen molar-refractivity contribution in [3.05, 3.63) is 98.7 Å². The minimum atomic E-state index is -0.340. The van der Waals surface area contributed by atoms with Gasteiger partial charge in [0.05, 0.1) is 20.6 Å². The van der Waals surface area contributed by atoms with Gasteiger partial charge in [0.25, 0.3) is 0 Å². The number of aromatic nitrogens is 1. The fourth-order valence-electron chi connectivity index (χ4n) is 3.41. The summed E-state index contributed by atoms with van der Waals surface area (Å²) in [6.07, 6.45) is 2.93. The molecule has 0 saturated carbocycles. The van der Waals surface area contributed by atoms with Gasteiger partial charge in [-0.15, -0.1) is 0 Å². The van der Waals surface area contributed by atoms with E-state index in [1.165, 1.54) is 6.08 Å². The van der Waals surface area contributed by atoms with E-state index < -0.39 is 0 Å². The van der Waals surface area contributed by atoms with Gasteiger partial charge in [-0.25, -0.2) is 4.98 Å². The first-order valence-electron chi connectivity index (χ1n) is 10.3. The lowest BCUT2D eigenvalue weighted by molar-refractivity contribution is -0.111. The molecular weight excluding hydrogens is 530 g/mol. The summed E-state index contributed by atoms with van der Waals surface area (Å²) in [5, 5.41) is 4.59. The third-order valence-corrected chi connectivity index (χ3v) is 6.43. The number of furan rings is 1. The van der Waals surface area contributed by atoms with Gasteiger partial charge in [-0.1, -0.05) is 52.5 Å². The topological polar surface area (TPSA) is 68.3 Å². The lowest BCUT2D eigenvalue weighted by Crippen LogP contribution is -2.07. The number of anilines is 1. The van der Waals surface area contributed by atoms with Crippen LogP contribution in [0.2, 0.25) is 20.1 Å². The Hall–Kier alpha value is -3.22. The van der Waals surface area contributed by atoms with Crippen LogP contribution in [-0.2, 0) is 4.79 Å². The van der Waals surface area contributed by atoms with Gasteiger partial charge in [-0.3, -0.25) is 4.79 Å². The van der Waals surface area contributed by atoms with Crippen LogP contribution in [-0.4, -0.2) is 10.9 Å². The number of amides is 1. The maximum Gasteiger partial charge on any atom is 0.248 e. The minimum absolute atomic E-state index is 0.340. The van der Waals surface area contributed by atoms with Crippen LogP contribution in [0.15, 0.2) is 81.6 Å². The Bertz CT molecular complexity index is 1600. The molecule has 0 aliphatic rings. The van der Waals surface area contributed by atoms with E-state index in [2.05, 4.69) is 10.3 Å². The molecule has 2 heterocycles. The van der Waals surface area contributed by atoms with Gasteiger partial charge in [0.1, 0.15) is 17.0 Å². The number of halogens is 4. The number of nitrogens with zero attached hydrogens (tertiary/aromatic N) is 1. The van der Waals surface area contributed by atoms with Crippen molar-refractivity contribution in [2.75, 3.05) is 5.32 Å². The van der Waals surface area contributed by atoms with Crippen LogP contribution < -0.4 is 5.32 Å². The normalized spacial score (nSPS) is 11.4. The third kappa shape index (κ3) is 5.09. The number of carbonyl (C=O) groups is 1. The number of benzene rings is 3. The van der Waals surface area contributed by atoms with Crippen LogP contribution in [0.5, 0.6) is 0 Å². The molecule has 0 aliphatic heterocycles. The molecular formula is C26H14Cl4N2O3. The summed E-state index contributed by atoms with van der Waals surface area (Å²) >= 11 is 24.5. The Kier molecular flexibility index (Phi) is 6.58. The molecule has 174 valence electrons. The van der Waals surface area contributed by atoms with Gasteiger partial charge < -0.3 is 14.2 Å². The maximum atomic E-state index is 12.4. The van der Waals surface area contributed by atoms with Crippen molar-refractivity contribution in [1.29, 1.82) is 0 Å². The highest BCUT2D eigenvalue weighted by Crippen LogP contribution is 2.35. The molecule has 35 heavy (non-hydrogen) atoms. The van der Waals surface area contributed by atoms with E-state index in [1.54, 1.807) is 72.8 Å². The predicted molar refractivity (Wildman–Crippen MR) is 141 cm³/mol. The molecule has 5 aromatic rings. The monoisotopic (exact) mass is 542 g/mol. The molecule has 0 radical (unpaired) electrons. The molecule has 0 unspecified atom stereocenters. The number of nitrogens with one attached hydrogen (secondary N) is 1. The van der Waals surface area contributed by atoms with Gasteiger partial charge in [0, 0.05) is 22.3 Å². The molecule has 5 nitrogen and oxygen atoms in total. The van der Waals surface area contributed by atoms with E-state index in [1.807, 2.05) is 0 Å². The molecule has 0 fully saturated rings. The highest BCUT2D eigenvalue weighted by atomic mass is 35.5. The summed E-state index contributed by atoms with van der Waals surface area (Å²) in [7, 11) is 0. The molecule has 0 spiro atoms. The van der Waals surface area contributed by atoms with Crippen LogP contribution in [0.1, 0.15) is 5.76 Å². The number of carbonyl (C=O) groups excluding carboxylic acids is 1. The SMILES string of the molecule is O=C(C=Cc1ccc(-c2cccc(Cl)c2Cl)o1)Nc1ccc2oc(-c3ccc(Cl)cc3Cl)nc2c1. The predicted octanol–water partition coefficient (Wildman–Crippen LogP) is 9.02. The Morgan fingerprint density at radius 1 is 0.857 bits per heavy atom. The Morgan fingerprint density at radius 3 is 2.54 bits per heavy atom. The highest BCUT2D eigenvalue weighted by molar-refractivity contribution is 6.43. The molecule has 0 atom stereocenters. The van der Waals surface area contributed by atoms with Gasteiger partial charge in [-0.2, -0.15) is 0 Å². The summed E-state index contributed by atoms with van der Waals surface area (Å²) in [6, 6.07) is 19.0. The molecule has 1 amide bonds. The largest absolute Gasteiger partial charge is 0.457 e. The smallest absolute Gasteiger partial charge is 0.248 e. The molecule has 9 heteroatoms. The van der Waals surface area contributed by atoms with E-state index in [0.717, 1.165) is 0 Å². The molecule has 0 aliphatic carbocycles. The summed E-state index contributed by atoms with van der Waals surface area (Å²) in [4.78, 5) is 16.9. The zero-order valence-corrected chi connectivity index (χ0v) is 20.7. The lowest BCUT2D eigenvalue weighted by atomic mass is 10.2. The highest BCUT2D eigenvalue weighted by Gasteiger charge is 2.13. The van der Waals surface area contributed by atoms with Crippen molar-refractivity contribution in [3.8, 4) is 22.8 Å². The maximum absolute atomic E-state index is 12.4. The van der Waals surface area contributed by atoms with Crippen molar-refractivity contribution in [2.24, 2.45) is 0 Å². The average Bonchev–Trinajstić information content (AvgIpc) is 3.46. The molecule has 0 saturated heterocycles. The van der Waals surface area contributed by atoms with Crippen LogP contribution in [0.3, 0.4) is 0 Å². The number of hydrogen-bond acceptors (Lipinski definition) is 4. The molecule has 2 aromatic heterocycles. The van der Waals surface area contributed by atoms with E-state index >= 15 is 0 Å². The number of hydrogen-bond donors (Lipinski definition) is 1. The van der Waals surface area contributed by atoms with Crippen molar-refractivity contribution in [2.45, 2.75) is 0 Å². The Labute approximate surface area is 219 Å². The second-order valence-electron chi connectivity index (χ2n) is 7.45. The van der Waals surface area contributed by atoms with Crippen LogP contribution >= 0.6 is 46.4 Å². The summed E-state index contributed by atoms with van der Waals surface area (Å²) < 4.78 is 11.6. The van der Waals surface area contributed by atoms with E-state index in [-0.39, 0.29) is 5.91 Å². The van der Waals surface area contributed by atoms with E-state index in [4.69, 9.17) is 55.2 Å².